The number of rotatable bonds is 5. The van der Waals surface area contributed by atoms with Crippen LogP contribution in [0.3, 0.4) is 0 Å². The lowest BCUT2D eigenvalue weighted by molar-refractivity contribution is -0.115. The van der Waals surface area contributed by atoms with Gasteiger partial charge in [0.15, 0.2) is 5.13 Å². The number of anilines is 2. The molecule has 0 saturated heterocycles. The van der Waals surface area contributed by atoms with Crippen molar-refractivity contribution < 1.29 is 18.8 Å². The van der Waals surface area contributed by atoms with Crippen LogP contribution in [0.25, 0.3) is 0 Å². The van der Waals surface area contributed by atoms with Crippen LogP contribution in [0.15, 0.2) is 46.3 Å². The average Bonchev–Trinajstić information content (AvgIpc) is 3.23. The van der Waals surface area contributed by atoms with Gasteiger partial charge < -0.3 is 9.26 Å². The van der Waals surface area contributed by atoms with Crippen molar-refractivity contribution in [2.75, 3.05) is 4.90 Å². The Balaban J connectivity index is 1.71. The average molecular weight is 357 g/mol. The molecule has 1 aromatic carbocycles. The maximum absolute atomic E-state index is 12.0. The molecule has 25 heavy (non-hydrogen) atoms. The normalized spacial score (nSPS) is 10.5. The first-order valence-corrected chi connectivity index (χ1v) is 8.33. The van der Waals surface area contributed by atoms with Gasteiger partial charge >= 0.3 is 5.97 Å². The molecule has 8 heteroatoms. The molecule has 2 heterocycles. The number of thiazole rings is 1. The number of carbonyl (C=O) groups excluding carboxylic acids is 2. The van der Waals surface area contributed by atoms with E-state index in [9.17, 15) is 9.59 Å². The fourth-order valence-corrected chi connectivity index (χ4v) is 3.01. The van der Waals surface area contributed by atoms with Gasteiger partial charge in [0.2, 0.25) is 11.7 Å². The smallest absolute Gasteiger partial charge is 0.377 e. The minimum absolute atomic E-state index is 0.0182. The first kappa shape index (κ1) is 16.8. The predicted molar refractivity (Wildman–Crippen MR) is 91.7 cm³/mol. The lowest BCUT2D eigenvalue weighted by Gasteiger charge is -2.17. The third-order valence-corrected chi connectivity index (χ3v) is 4.12. The van der Waals surface area contributed by atoms with Crippen molar-refractivity contribution in [1.29, 1.82) is 0 Å². The number of esters is 1. The number of nitrogens with zero attached hydrogens (tertiary/aromatic N) is 3. The molecule has 0 unspecified atom stereocenters. The van der Waals surface area contributed by atoms with Crippen molar-refractivity contribution in [2.45, 2.75) is 20.5 Å². The van der Waals surface area contributed by atoms with E-state index in [-0.39, 0.29) is 18.3 Å². The van der Waals surface area contributed by atoms with Crippen molar-refractivity contribution >= 4 is 34.0 Å². The Hall–Kier alpha value is -3.00. The maximum Gasteiger partial charge on any atom is 0.377 e. The molecule has 0 saturated carbocycles. The molecule has 0 aliphatic carbocycles. The van der Waals surface area contributed by atoms with E-state index in [2.05, 4.69) is 10.1 Å². The van der Waals surface area contributed by atoms with Crippen LogP contribution in [0.1, 0.15) is 28.9 Å². The molecule has 7 nitrogen and oxygen atoms in total. The number of carbonyl (C=O) groups is 2. The van der Waals surface area contributed by atoms with E-state index in [0.717, 1.165) is 5.69 Å². The molecule has 3 rings (SSSR count). The van der Waals surface area contributed by atoms with Gasteiger partial charge in [0.1, 0.15) is 6.61 Å². The molecule has 2 aromatic heterocycles. The van der Waals surface area contributed by atoms with Gasteiger partial charge in [-0.1, -0.05) is 23.4 Å². The van der Waals surface area contributed by atoms with Gasteiger partial charge in [-0.2, -0.15) is 0 Å². The van der Waals surface area contributed by atoms with Crippen molar-refractivity contribution in [2.24, 2.45) is 0 Å². The highest BCUT2D eigenvalue weighted by atomic mass is 32.1. The second kappa shape index (κ2) is 7.27. The fraction of sp³-hybridized carbons (Fsp3) is 0.176. The second-order valence-corrected chi connectivity index (χ2v) is 6.06. The predicted octanol–water partition coefficient (Wildman–Crippen LogP) is 3.48. The van der Waals surface area contributed by atoms with Crippen LogP contribution in [0.5, 0.6) is 0 Å². The van der Waals surface area contributed by atoms with Gasteiger partial charge in [-0.25, -0.2) is 9.78 Å². The topological polar surface area (TPSA) is 85.5 Å². The van der Waals surface area contributed by atoms with E-state index in [0.29, 0.717) is 16.5 Å². The van der Waals surface area contributed by atoms with Crippen molar-refractivity contribution in [3.8, 4) is 0 Å². The summed E-state index contributed by atoms with van der Waals surface area (Å²) in [5.74, 6) is -0.717. The highest BCUT2D eigenvalue weighted by molar-refractivity contribution is 7.14. The molecule has 0 aliphatic heterocycles. The number of ether oxygens (including phenoxy) is 1. The zero-order valence-corrected chi connectivity index (χ0v) is 14.4. The summed E-state index contributed by atoms with van der Waals surface area (Å²) in [6, 6.07) is 10.7. The third-order valence-electron chi connectivity index (χ3n) is 3.24. The summed E-state index contributed by atoms with van der Waals surface area (Å²) in [5.41, 5.74) is 1.87. The Morgan fingerprint density at radius 3 is 2.68 bits per heavy atom. The van der Waals surface area contributed by atoms with Gasteiger partial charge in [-0.3, -0.25) is 9.69 Å². The van der Waals surface area contributed by atoms with Crippen LogP contribution in [-0.4, -0.2) is 22.0 Å². The van der Waals surface area contributed by atoms with E-state index in [4.69, 9.17) is 9.26 Å². The van der Waals surface area contributed by atoms with Crippen LogP contribution in [0.2, 0.25) is 0 Å². The van der Waals surface area contributed by atoms with E-state index in [1.54, 1.807) is 12.3 Å². The molecule has 0 aliphatic rings. The van der Waals surface area contributed by atoms with Gasteiger partial charge in [0, 0.05) is 18.4 Å². The van der Waals surface area contributed by atoms with E-state index < -0.39 is 5.97 Å². The molecular weight excluding hydrogens is 342 g/mol. The molecule has 0 radical (unpaired) electrons. The fourth-order valence-electron chi connectivity index (χ4n) is 2.14. The SMILES string of the molecule is CC(=O)N(c1ccccc1)c1nc(COC(=O)c2cc(C)no2)cs1. The lowest BCUT2D eigenvalue weighted by Crippen LogP contribution is -2.22. The quantitative estimate of drug-likeness (QED) is 0.650. The summed E-state index contributed by atoms with van der Waals surface area (Å²) < 4.78 is 10.0. The van der Waals surface area contributed by atoms with Gasteiger partial charge in [0.05, 0.1) is 17.1 Å². The van der Waals surface area contributed by atoms with Crippen molar-refractivity contribution in [3.05, 3.63) is 58.9 Å². The van der Waals surface area contributed by atoms with E-state index in [1.807, 2.05) is 30.3 Å². The molecule has 0 bridgehead atoms. The van der Waals surface area contributed by atoms with E-state index in [1.165, 1.54) is 29.2 Å². The summed E-state index contributed by atoms with van der Waals surface area (Å²) in [6.07, 6.45) is 0. The highest BCUT2D eigenvalue weighted by Crippen LogP contribution is 2.28. The van der Waals surface area contributed by atoms with Crippen molar-refractivity contribution in [3.63, 3.8) is 0 Å². The molecule has 0 atom stereocenters. The van der Waals surface area contributed by atoms with Crippen LogP contribution in [0.4, 0.5) is 10.8 Å². The van der Waals surface area contributed by atoms with Crippen LogP contribution in [-0.2, 0) is 16.1 Å². The summed E-state index contributed by atoms with van der Waals surface area (Å²) in [6.45, 7) is 3.17. The molecular formula is C17H15N3O4S. The maximum atomic E-state index is 12.0. The summed E-state index contributed by atoms with van der Waals surface area (Å²) in [4.78, 5) is 29.7. The number of benzene rings is 1. The largest absolute Gasteiger partial charge is 0.453 e. The number of aromatic nitrogens is 2. The third kappa shape index (κ3) is 3.92. The molecule has 128 valence electrons. The Kier molecular flexibility index (Phi) is 4.90. The standard InChI is InChI=1S/C17H15N3O4S/c1-11-8-15(24-19-11)16(22)23-9-13-10-25-17(18-13)20(12(2)21)14-6-4-3-5-7-14/h3-8,10H,9H2,1-2H3. The van der Waals surface area contributed by atoms with E-state index >= 15 is 0 Å². The van der Waals surface area contributed by atoms with Crippen molar-refractivity contribution in [1.82, 2.24) is 10.1 Å². The summed E-state index contributed by atoms with van der Waals surface area (Å²) in [7, 11) is 0. The van der Waals surface area contributed by atoms with Crippen LogP contribution < -0.4 is 4.90 Å². The minimum atomic E-state index is -0.610. The Bertz CT molecular complexity index is 888. The lowest BCUT2D eigenvalue weighted by atomic mass is 10.3. The van der Waals surface area contributed by atoms with Gasteiger partial charge in [0.25, 0.3) is 0 Å². The zero-order chi connectivity index (χ0) is 17.8. The molecule has 1 amide bonds. The highest BCUT2D eigenvalue weighted by Gasteiger charge is 2.19. The number of para-hydroxylation sites is 1. The Morgan fingerprint density at radius 1 is 1.28 bits per heavy atom. The zero-order valence-electron chi connectivity index (χ0n) is 13.6. The van der Waals surface area contributed by atoms with Gasteiger partial charge in [-0.05, 0) is 19.1 Å². The molecule has 0 spiro atoms. The Morgan fingerprint density at radius 2 is 2.04 bits per heavy atom. The summed E-state index contributed by atoms with van der Waals surface area (Å²) in [5, 5.41) is 5.90. The summed E-state index contributed by atoms with van der Waals surface area (Å²) >= 11 is 1.30. The number of aryl methyl sites for hydroxylation is 1. The minimum Gasteiger partial charge on any atom is -0.453 e. The van der Waals surface area contributed by atoms with Crippen LogP contribution in [0, 0.1) is 6.92 Å². The molecule has 0 fully saturated rings. The first-order valence-electron chi connectivity index (χ1n) is 7.45. The monoisotopic (exact) mass is 357 g/mol. The van der Waals surface area contributed by atoms with Gasteiger partial charge in [-0.15, -0.1) is 11.3 Å². The number of hydrogen-bond acceptors (Lipinski definition) is 7. The second-order valence-electron chi connectivity index (χ2n) is 5.22. The number of amides is 1. The Labute approximate surface area is 147 Å². The number of hydrogen-bond donors (Lipinski definition) is 0. The molecule has 0 N–H and O–H groups in total. The molecule has 3 aromatic rings. The first-order chi connectivity index (χ1) is 12.0. The van der Waals surface area contributed by atoms with Crippen LogP contribution >= 0.6 is 11.3 Å².